The molecule has 12 nitrogen and oxygen atoms in total. The van der Waals surface area contributed by atoms with Crippen LogP contribution in [0.2, 0.25) is 0 Å². The number of allylic oxidation sites excluding steroid dienone is 2. The Kier molecular flexibility index (Phi) is 13.8. The number of rotatable bonds is 17. The van der Waals surface area contributed by atoms with Crippen molar-refractivity contribution < 1.29 is 38.6 Å². The second kappa shape index (κ2) is 17.0. The highest BCUT2D eigenvalue weighted by atomic mass is 16.5. The van der Waals surface area contributed by atoms with Gasteiger partial charge in [-0.2, -0.15) is 0 Å². The lowest BCUT2D eigenvalue weighted by atomic mass is 10.0. The molecule has 1 aromatic rings. The van der Waals surface area contributed by atoms with Crippen molar-refractivity contribution in [2.24, 2.45) is 11.8 Å². The van der Waals surface area contributed by atoms with Gasteiger partial charge in [-0.3, -0.25) is 28.8 Å². The molecular weight excluding hydrogens is 532 g/mol. The van der Waals surface area contributed by atoms with Crippen LogP contribution in [0.1, 0.15) is 52.0 Å². The first-order valence-corrected chi connectivity index (χ1v) is 13.7. The molecule has 1 aliphatic rings. The van der Waals surface area contributed by atoms with Gasteiger partial charge in [0.1, 0.15) is 12.1 Å². The smallest absolute Gasteiger partial charge is 0.246 e. The van der Waals surface area contributed by atoms with Crippen molar-refractivity contribution in [2.75, 3.05) is 25.1 Å². The summed E-state index contributed by atoms with van der Waals surface area (Å²) in [6.07, 6.45) is 3.37. The van der Waals surface area contributed by atoms with E-state index in [0.717, 1.165) is 0 Å². The maximum Gasteiger partial charge on any atom is 0.246 e. The third-order valence-electron chi connectivity index (χ3n) is 6.47. The number of hydrogen-bond acceptors (Lipinski definition) is 8. The summed E-state index contributed by atoms with van der Waals surface area (Å²) in [5, 5.41) is 20.0. The van der Waals surface area contributed by atoms with E-state index in [0.29, 0.717) is 24.2 Å². The highest BCUT2D eigenvalue weighted by molar-refractivity contribution is 6.18. The topological polar surface area (TPSA) is 180 Å². The molecule has 12 heteroatoms. The quantitative estimate of drug-likeness (QED) is 0.134. The van der Waals surface area contributed by atoms with E-state index in [4.69, 9.17) is 4.74 Å². The monoisotopic (exact) mass is 572 g/mol. The molecule has 2 rings (SSSR count). The molecule has 0 aliphatic heterocycles. The summed E-state index contributed by atoms with van der Waals surface area (Å²) in [6.45, 7) is 5.29. The van der Waals surface area contributed by atoms with E-state index in [1.54, 1.807) is 38.1 Å². The first-order chi connectivity index (χ1) is 19.5. The van der Waals surface area contributed by atoms with Gasteiger partial charge in [0.2, 0.25) is 23.6 Å². The Hall–Kier alpha value is -3.90. The second-order valence-electron chi connectivity index (χ2n) is 10.2. The van der Waals surface area contributed by atoms with E-state index < -0.39 is 35.7 Å². The van der Waals surface area contributed by atoms with Crippen LogP contribution in [-0.2, 0) is 40.1 Å². The van der Waals surface area contributed by atoms with Gasteiger partial charge < -0.3 is 31.1 Å². The molecule has 0 saturated carbocycles. The number of carbonyl (C=O) groups excluding carboxylic acids is 6. The average molecular weight is 573 g/mol. The van der Waals surface area contributed by atoms with Crippen LogP contribution in [0, 0.1) is 11.8 Å². The van der Waals surface area contributed by atoms with E-state index in [9.17, 15) is 33.9 Å². The molecule has 4 amide bonds. The predicted octanol–water partition coefficient (Wildman–Crippen LogP) is 0.780. The van der Waals surface area contributed by atoms with Crippen LogP contribution in [0.5, 0.6) is 0 Å². The Labute approximate surface area is 239 Å². The van der Waals surface area contributed by atoms with Crippen molar-refractivity contribution in [2.45, 2.75) is 65.1 Å². The number of anilines is 1. The van der Waals surface area contributed by atoms with Crippen molar-refractivity contribution in [1.29, 1.82) is 0 Å². The number of ether oxygens (including phenoxy) is 1. The van der Waals surface area contributed by atoms with Gasteiger partial charge in [0, 0.05) is 32.2 Å². The molecular formula is C29H40N4O8. The SMILES string of the molecule is CC(=O)NCCC[C@H](NC(=O)[C@@H](NC(=O)CCOCCC1C(=O)C=CC1=O)C(C)C)C(=O)Nc1ccc(CO)cc1. The lowest BCUT2D eigenvalue weighted by Gasteiger charge is -2.25. The average Bonchev–Trinajstić information content (AvgIpc) is 3.25. The standard InChI is InChI=1S/C29H40N4O8/c1-18(2)27(33-26(38)13-16-41-15-12-22-24(36)10-11-25(22)37)29(40)32-23(5-4-14-30-19(3)35)28(39)31-21-8-6-20(17-34)7-9-21/h6-11,18,22-23,27,34H,4-5,12-17H2,1-3H3,(H,30,35)(H,31,39)(H,32,40)(H,33,38)/t23-,27-/m0/s1. The molecule has 0 spiro atoms. The van der Waals surface area contributed by atoms with Gasteiger partial charge in [-0.05, 0) is 55.0 Å². The Balaban J connectivity index is 1.92. The van der Waals surface area contributed by atoms with Crippen LogP contribution in [-0.4, -0.2) is 72.1 Å². The van der Waals surface area contributed by atoms with E-state index in [1.807, 2.05) is 0 Å². The number of aliphatic hydroxyl groups is 1. The first kappa shape index (κ1) is 33.3. The minimum absolute atomic E-state index is 0.0359. The predicted molar refractivity (Wildman–Crippen MR) is 150 cm³/mol. The third-order valence-corrected chi connectivity index (χ3v) is 6.47. The van der Waals surface area contributed by atoms with Gasteiger partial charge in [0.05, 0.1) is 19.1 Å². The summed E-state index contributed by atoms with van der Waals surface area (Å²) in [5.41, 5.74) is 1.17. The van der Waals surface area contributed by atoms with Gasteiger partial charge >= 0.3 is 0 Å². The van der Waals surface area contributed by atoms with E-state index >= 15 is 0 Å². The summed E-state index contributed by atoms with van der Waals surface area (Å²) >= 11 is 0. The summed E-state index contributed by atoms with van der Waals surface area (Å²) in [6, 6.07) is 4.75. The number of benzene rings is 1. The number of amides is 4. The van der Waals surface area contributed by atoms with Gasteiger partial charge in [-0.15, -0.1) is 0 Å². The molecule has 41 heavy (non-hydrogen) atoms. The van der Waals surface area contributed by atoms with Gasteiger partial charge in [0.15, 0.2) is 11.6 Å². The maximum absolute atomic E-state index is 13.2. The summed E-state index contributed by atoms with van der Waals surface area (Å²) < 4.78 is 5.41. The number of aliphatic hydroxyl groups excluding tert-OH is 1. The van der Waals surface area contributed by atoms with Crippen molar-refractivity contribution in [1.82, 2.24) is 16.0 Å². The molecule has 0 fully saturated rings. The van der Waals surface area contributed by atoms with Crippen LogP contribution < -0.4 is 21.3 Å². The Morgan fingerprint density at radius 2 is 1.61 bits per heavy atom. The molecule has 5 N–H and O–H groups in total. The Bertz CT molecular complexity index is 1100. The number of nitrogens with one attached hydrogen (secondary N) is 4. The normalized spacial score (nSPS) is 14.6. The molecule has 0 aromatic heterocycles. The molecule has 0 radical (unpaired) electrons. The highest BCUT2D eigenvalue weighted by Crippen LogP contribution is 2.15. The number of hydrogen-bond donors (Lipinski definition) is 5. The van der Waals surface area contributed by atoms with Crippen LogP contribution in [0.25, 0.3) is 0 Å². The van der Waals surface area contributed by atoms with Gasteiger partial charge in [0.25, 0.3) is 0 Å². The fraction of sp³-hybridized carbons (Fsp3) is 0.517. The largest absolute Gasteiger partial charge is 0.392 e. The zero-order valence-electron chi connectivity index (χ0n) is 23.7. The highest BCUT2D eigenvalue weighted by Gasteiger charge is 2.29. The lowest BCUT2D eigenvalue weighted by Crippen LogP contribution is -2.54. The minimum atomic E-state index is -0.939. The molecule has 0 heterocycles. The van der Waals surface area contributed by atoms with E-state index in [-0.39, 0.29) is 62.5 Å². The number of carbonyl (C=O) groups is 6. The van der Waals surface area contributed by atoms with Gasteiger partial charge in [-0.25, -0.2) is 0 Å². The molecule has 1 aliphatic carbocycles. The zero-order valence-corrected chi connectivity index (χ0v) is 23.7. The molecule has 0 saturated heterocycles. The van der Waals surface area contributed by atoms with E-state index in [1.165, 1.54) is 19.1 Å². The fourth-order valence-electron chi connectivity index (χ4n) is 4.09. The van der Waals surface area contributed by atoms with Crippen molar-refractivity contribution in [3.05, 3.63) is 42.0 Å². The molecule has 0 unspecified atom stereocenters. The minimum Gasteiger partial charge on any atom is -0.392 e. The van der Waals surface area contributed by atoms with Crippen molar-refractivity contribution >= 4 is 40.9 Å². The van der Waals surface area contributed by atoms with Crippen LogP contribution >= 0.6 is 0 Å². The summed E-state index contributed by atoms with van der Waals surface area (Å²) in [5.74, 6) is -3.13. The molecule has 1 aromatic carbocycles. The van der Waals surface area contributed by atoms with Crippen molar-refractivity contribution in [3.8, 4) is 0 Å². The molecule has 2 atom stereocenters. The van der Waals surface area contributed by atoms with E-state index in [2.05, 4.69) is 21.3 Å². The lowest BCUT2D eigenvalue weighted by molar-refractivity contribution is -0.132. The molecule has 224 valence electrons. The zero-order chi connectivity index (χ0) is 30.4. The third kappa shape index (κ3) is 11.6. The number of ketones is 2. The fourth-order valence-corrected chi connectivity index (χ4v) is 4.09. The first-order valence-electron chi connectivity index (χ1n) is 13.7. The summed E-state index contributed by atoms with van der Waals surface area (Å²) in [7, 11) is 0. The maximum atomic E-state index is 13.2. The Morgan fingerprint density at radius 1 is 0.951 bits per heavy atom. The van der Waals surface area contributed by atoms with Crippen LogP contribution in [0.3, 0.4) is 0 Å². The Morgan fingerprint density at radius 3 is 2.20 bits per heavy atom. The molecule has 0 bridgehead atoms. The second-order valence-corrected chi connectivity index (χ2v) is 10.2. The van der Waals surface area contributed by atoms with Crippen LogP contribution in [0.4, 0.5) is 5.69 Å². The van der Waals surface area contributed by atoms with Crippen LogP contribution in [0.15, 0.2) is 36.4 Å². The van der Waals surface area contributed by atoms with Crippen molar-refractivity contribution in [3.63, 3.8) is 0 Å². The summed E-state index contributed by atoms with van der Waals surface area (Å²) in [4.78, 5) is 73.3. The van der Waals surface area contributed by atoms with Gasteiger partial charge in [-0.1, -0.05) is 26.0 Å².